The fourth-order valence-corrected chi connectivity index (χ4v) is 3.36. The fraction of sp³-hybridized carbons (Fsp3) is 0.263. The second-order valence-electron chi connectivity index (χ2n) is 6.40. The first-order chi connectivity index (χ1) is 14.0. The van der Waals surface area contributed by atoms with Crippen molar-refractivity contribution >= 4 is 9.84 Å². The van der Waals surface area contributed by atoms with Gasteiger partial charge in [-0.25, -0.2) is 18.4 Å². The van der Waals surface area contributed by atoms with E-state index in [0.717, 1.165) is 17.9 Å². The molecule has 0 spiro atoms. The minimum Gasteiger partial charge on any atom is -0.493 e. The van der Waals surface area contributed by atoms with Crippen LogP contribution < -0.4 is 9.47 Å². The van der Waals surface area contributed by atoms with E-state index in [9.17, 15) is 21.6 Å². The summed E-state index contributed by atoms with van der Waals surface area (Å²) in [5.41, 5.74) is -0.379. The van der Waals surface area contributed by atoms with E-state index in [-0.39, 0.29) is 12.2 Å². The number of nitrogens with zero attached hydrogens (tertiary/aromatic N) is 3. The maximum absolute atomic E-state index is 13.3. The molecule has 0 fully saturated rings. The molecule has 1 aromatic carbocycles. The summed E-state index contributed by atoms with van der Waals surface area (Å²) in [7, 11) is -1.05. The van der Waals surface area contributed by atoms with Gasteiger partial charge in [0.2, 0.25) is 15.0 Å². The highest BCUT2D eigenvalue weighted by atomic mass is 32.2. The van der Waals surface area contributed by atoms with Crippen molar-refractivity contribution in [2.45, 2.75) is 17.9 Å². The average molecular weight is 441 g/mol. The van der Waals surface area contributed by atoms with E-state index in [0.29, 0.717) is 17.2 Å². The fourth-order valence-electron chi connectivity index (χ4n) is 2.83. The van der Waals surface area contributed by atoms with Gasteiger partial charge in [0.25, 0.3) is 0 Å². The number of ether oxygens (including phenoxy) is 2. The lowest BCUT2D eigenvalue weighted by Crippen LogP contribution is -2.14. The van der Waals surface area contributed by atoms with E-state index < -0.39 is 26.9 Å². The number of halogens is 3. The third-order valence-electron chi connectivity index (χ3n) is 4.22. The van der Waals surface area contributed by atoms with Gasteiger partial charge in [0, 0.05) is 19.0 Å². The Bertz CT molecular complexity index is 1170. The molecule has 2 aromatic heterocycles. The van der Waals surface area contributed by atoms with Gasteiger partial charge in [-0.15, -0.1) is 0 Å². The molecule has 2 heterocycles. The molecule has 11 heteroatoms. The Balaban J connectivity index is 2.07. The number of hydrogen-bond acceptors (Lipinski definition) is 6. The standard InChI is InChI=1S/C19H18F3N3O4S/c1-28-15-7-6-12(9-16(15)29-2)11-25-8-4-5-14(25)13-10-17(19(20,21)22)24-18(23-13)30(3,26)27/h4-10H,11H2,1-3H3. The Morgan fingerprint density at radius 3 is 2.33 bits per heavy atom. The van der Waals surface area contributed by atoms with E-state index in [4.69, 9.17) is 9.47 Å². The van der Waals surface area contributed by atoms with Gasteiger partial charge < -0.3 is 14.0 Å². The molecule has 0 amide bonds. The molecular formula is C19H18F3N3O4S. The van der Waals surface area contributed by atoms with Crippen LogP contribution in [0.2, 0.25) is 0 Å². The lowest BCUT2D eigenvalue weighted by molar-refractivity contribution is -0.141. The van der Waals surface area contributed by atoms with E-state index >= 15 is 0 Å². The summed E-state index contributed by atoms with van der Waals surface area (Å²) in [5, 5.41) is -0.883. The molecule has 0 radical (unpaired) electrons. The molecule has 0 aliphatic rings. The summed E-state index contributed by atoms with van der Waals surface area (Å²) < 4.78 is 75.5. The Labute approximate surface area is 171 Å². The molecule has 3 rings (SSSR count). The lowest BCUT2D eigenvalue weighted by atomic mass is 10.2. The van der Waals surface area contributed by atoms with Crippen LogP contribution in [0.4, 0.5) is 13.2 Å². The summed E-state index contributed by atoms with van der Waals surface area (Å²) in [4.78, 5) is 7.04. The van der Waals surface area contributed by atoms with Crippen molar-refractivity contribution in [1.29, 1.82) is 0 Å². The molecule has 0 aliphatic carbocycles. The van der Waals surface area contributed by atoms with Crippen molar-refractivity contribution in [2.24, 2.45) is 0 Å². The maximum Gasteiger partial charge on any atom is 0.433 e. The van der Waals surface area contributed by atoms with Crippen molar-refractivity contribution in [3.8, 4) is 22.9 Å². The molecular weight excluding hydrogens is 423 g/mol. The van der Waals surface area contributed by atoms with Crippen LogP contribution in [0.25, 0.3) is 11.4 Å². The van der Waals surface area contributed by atoms with Crippen molar-refractivity contribution in [1.82, 2.24) is 14.5 Å². The number of aromatic nitrogens is 3. The molecule has 0 N–H and O–H groups in total. The quantitative estimate of drug-likeness (QED) is 0.545. The van der Waals surface area contributed by atoms with Crippen LogP contribution in [0, 0.1) is 0 Å². The zero-order valence-corrected chi connectivity index (χ0v) is 17.1. The van der Waals surface area contributed by atoms with Crippen LogP contribution in [-0.2, 0) is 22.6 Å². The first-order valence-corrected chi connectivity index (χ1v) is 10.4. The van der Waals surface area contributed by atoms with Gasteiger partial charge in [0.1, 0.15) is 5.69 Å². The second kappa shape index (κ2) is 7.98. The predicted octanol–water partition coefficient (Wildman–Crippen LogP) is 3.43. The van der Waals surface area contributed by atoms with Gasteiger partial charge in [-0.1, -0.05) is 6.07 Å². The maximum atomic E-state index is 13.3. The molecule has 0 saturated carbocycles. The van der Waals surface area contributed by atoms with Gasteiger partial charge >= 0.3 is 6.18 Å². The van der Waals surface area contributed by atoms with E-state index in [1.807, 2.05) is 0 Å². The molecule has 7 nitrogen and oxygen atoms in total. The average Bonchev–Trinajstić information content (AvgIpc) is 3.14. The first kappa shape index (κ1) is 21.6. The molecule has 30 heavy (non-hydrogen) atoms. The minimum absolute atomic E-state index is 0.150. The Morgan fingerprint density at radius 1 is 1.03 bits per heavy atom. The van der Waals surface area contributed by atoms with Gasteiger partial charge in [-0.05, 0) is 35.9 Å². The van der Waals surface area contributed by atoms with Crippen molar-refractivity contribution < 1.29 is 31.1 Å². The van der Waals surface area contributed by atoms with Gasteiger partial charge in [-0.3, -0.25) is 0 Å². The first-order valence-electron chi connectivity index (χ1n) is 8.55. The summed E-state index contributed by atoms with van der Waals surface area (Å²) in [6.07, 6.45) is -2.41. The largest absolute Gasteiger partial charge is 0.493 e. The van der Waals surface area contributed by atoms with E-state index in [1.54, 1.807) is 41.1 Å². The van der Waals surface area contributed by atoms with Crippen molar-refractivity contribution in [2.75, 3.05) is 20.5 Å². The van der Waals surface area contributed by atoms with Gasteiger partial charge in [-0.2, -0.15) is 13.2 Å². The Morgan fingerprint density at radius 2 is 1.73 bits per heavy atom. The molecule has 0 saturated heterocycles. The zero-order valence-electron chi connectivity index (χ0n) is 16.3. The summed E-state index contributed by atoms with van der Waals surface area (Å²) in [5.74, 6) is 1.04. The number of benzene rings is 1. The minimum atomic E-state index is -4.82. The normalized spacial score (nSPS) is 12.1. The molecule has 0 atom stereocenters. The van der Waals surface area contributed by atoms with Crippen LogP contribution in [0.3, 0.4) is 0 Å². The number of hydrogen-bond donors (Lipinski definition) is 0. The third kappa shape index (κ3) is 4.56. The number of rotatable bonds is 6. The highest BCUT2D eigenvalue weighted by Crippen LogP contribution is 2.32. The van der Waals surface area contributed by atoms with Crippen LogP contribution in [0.15, 0.2) is 47.8 Å². The summed E-state index contributed by atoms with van der Waals surface area (Å²) in [6.45, 7) is 0.280. The zero-order chi connectivity index (χ0) is 22.1. The highest BCUT2D eigenvalue weighted by Gasteiger charge is 2.35. The van der Waals surface area contributed by atoms with Crippen LogP contribution in [0.5, 0.6) is 11.5 Å². The van der Waals surface area contributed by atoms with Crippen LogP contribution in [0.1, 0.15) is 11.3 Å². The van der Waals surface area contributed by atoms with Crippen LogP contribution in [-0.4, -0.2) is 43.4 Å². The van der Waals surface area contributed by atoms with E-state index in [1.165, 1.54) is 14.2 Å². The molecule has 160 valence electrons. The van der Waals surface area contributed by atoms with Crippen molar-refractivity contribution in [3.63, 3.8) is 0 Å². The third-order valence-corrected chi connectivity index (χ3v) is 5.07. The van der Waals surface area contributed by atoms with Crippen LogP contribution >= 0.6 is 0 Å². The number of alkyl halides is 3. The molecule has 0 aliphatic heterocycles. The highest BCUT2D eigenvalue weighted by molar-refractivity contribution is 7.90. The summed E-state index contributed by atoms with van der Waals surface area (Å²) >= 11 is 0. The monoisotopic (exact) mass is 441 g/mol. The second-order valence-corrected chi connectivity index (χ2v) is 8.31. The SMILES string of the molecule is COc1ccc(Cn2cccc2-c2cc(C(F)(F)F)nc(S(C)(=O)=O)n2)cc1OC. The lowest BCUT2D eigenvalue weighted by Gasteiger charge is -2.14. The smallest absolute Gasteiger partial charge is 0.433 e. The van der Waals surface area contributed by atoms with E-state index in [2.05, 4.69) is 9.97 Å². The Kier molecular flexibility index (Phi) is 5.75. The number of sulfone groups is 1. The number of methoxy groups -OCH3 is 2. The topological polar surface area (TPSA) is 83.3 Å². The Hall–Kier alpha value is -3.08. The molecule has 0 unspecified atom stereocenters. The van der Waals surface area contributed by atoms with Gasteiger partial charge in [0.05, 0.1) is 25.6 Å². The summed E-state index contributed by atoms with van der Waals surface area (Å²) in [6, 6.07) is 9.15. The predicted molar refractivity (Wildman–Crippen MR) is 102 cm³/mol. The molecule has 3 aromatic rings. The molecule has 0 bridgehead atoms. The van der Waals surface area contributed by atoms with Crippen molar-refractivity contribution in [3.05, 3.63) is 53.9 Å². The van der Waals surface area contributed by atoms with Gasteiger partial charge in [0.15, 0.2) is 11.5 Å².